The van der Waals surface area contributed by atoms with E-state index in [9.17, 15) is 9.59 Å². The lowest BCUT2D eigenvalue weighted by Gasteiger charge is -2.12. The highest BCUT2D eigenvalue weighted by Gasteiger charge is 2.16. The van der Waals surface area contributed by atoms with Crippen molar-refractivity contribution >= 4 is 22.2 Å². The maximum absolute atomic E-state index is 12.0. The molecule has 0 radical (unpaired) electrons. The zero-order chi connectivity index (χ0) is 12.4. The van der Waals surface area contributed by atoms with Gasteiger partial charge in [0.05, 0.1) is 6.54 Å². The predicted octanol–water partition coefficient (Wildman–Crippen LogP) is 0.461. The molecule has 0 bridgehead atoms. The third-order valence-electron chi connectivity index (χ3n) is 2.25. The Balaban J connectivity index is 2.50. The predicted molar refractivity (Wildman–Crippen MR) is 65.1 cm³/mol. The summed E-state index contributed by atoms with van der Waals surface area (Å²) in [5.41, 5.74) is -0.344. The molecule has 0 saturated carbocycles. The molecule has 2 aromatic heterocycles. The maximum atomic E-state index is 12.0. The van der Waals surface area contributed by atoms with Crippen LogP contribution in [0.2, 0.25) is 0 Å². The minimum absolute atomic E-state index is 0.0265. The molecule has 0 aromatic carbocycles. The first kappa shape index (κ1) is 11.4. The van der Waals surface area contributed by atoms with Crippen molar-refractivity contribution in [1.29, 1.82) is 0 Å². The Bertz CT molecular complexity index is 665. The summed E-state index contributed by atoms with van der Waals surface area (Å²) in [5, 5.41) is 1.74. The van der Waals surface area contributed by atoms with Crippen LogP contribution in [-0.2, 0) is 0 Å². The van der Waals surface area contributed by atoms with E-state index in [0.717, 1.165) is 0 Å². The summed E-state index contributed by atoms with van der Waals surface area (Å²) in [6.07, 6.45) is 8.00. The second-order valence-corrected chi connectivity index (χ2v) is 4.27. The van der Waals surface area contributed by atoms with E-state index in [2.05, 4.69) is 10.9 Å². The van der Waals surface area contributed by atoms with Crippen molar-refractivity contribution in [2.24, 2.45) is 0 Å². The lowest BCUT2D eigenvalue weighted by Crippen LogP contribution is -2.33. The standard InChI is InChI=1S/C11H9N3O2S/c1-3-4-13(2)9(15)8-7-12-11-14(10(8)16)5-6-17-11/h1,5-7H,4H2,2H3. The molecular formula is C11H9N3O2S. The van der Waals surface area contributed by atoms with Gasteiger partial charge in [-0.25, -0.2) is 4.98 Å². The van der Waals surface area contributed by atoms with Crippen LogP contribution in [0.15, 0.2) is 22.6 Å². The molecule has 2 aromatic rings. The first-order valence-electron chi connectivity index (χ1n) is 4.79. The van der Waals surface area contributed by atoms with Gasteiger partial charge in [0.25, 0.3) is 11.5 Å². The Morgan fingerprint density at radius 2 is 2.47 bits per heavy atom. The third kappa shape index (κ3) is 1.92. The van der Waals surface area contributed by atoms with Crippen LogP contribution in [0.3, 0.4) is 0 Å². The zero-order valence-electron chi connectivity index (χ0n) is 9.08. The monoisotopic (exact) mass is 247 g/mol. The van der Waals surface area contributed by atoms with Crippen LogP contribution in [0.1, 0.15) is 10.4 Å². The molecule has 86 valence electrons. The van der Waals surface area contributed by atoms with Crippen LogP contribution in [-0.4, -0.2) is 33.8 Å². The van der Waals surface area contributed by atoms with Gasteiger partial charge in [-0.15, -0.1) is 17.8 Å². The van der Waals surface area contributed by atoms with Crippen molar-refractivity contribution in [3.8, 4) is 12.3 Å². The van der Waals surface area contributed by atoms with Gasteiger partial charge in [0.15, 0.2) is 4.96 Å². The van der Waals surface area contributed by atoms with Gasteiger partial charge in [-0.05, 0) is 0 Å². The normalized spacial score (nSPS) is 10.1. The average Bonchev–Trinajstić information content (AvgIpc) is 2.78. The Morgan fingerprint density at radius 1 is 1.71 bits per heavy atom. The number of hydrogen-bond donors (Lipinski definition) is 0. The van der Waals surface area contributed by atoms with Gasteiger partial charge in [-0.3, -0.25) is 14.0 Å². The van der Waals surface area contributed by atoms with Gasteiger partial charge in [0.2, 0.25) is 0 Å². The number of rotatable bonds is 2. The molecule has 0 aliphatic rings. The van der Waals surface area contributed by atoms with Crippen molar-refractivity contribution in [3.05, 3.63) is 33.7 Å². The molecule has 0 saturated heterocycles. The molecule has 0 aliphatic carbocycles. The number of carbonyl (C=O) groups excluding carboxylic acids is 1. The highest BCUT2D eigenvalue weighted by Crippen LogP contribution is 2.06. The van der Waals surface area contributed by atoms with Crippen molar-refractivity contribution in [1.82, 2.24) is 14.3 Å². The van der Waals surface area contributed by atoms with E-state index >= 15 is 0 Å². The summed E-state index contributed by atoms with van der Waals surface area (Å²) in [5.74, 6) is 1.93. The van der Waals surface area contributed by atoms with E-state index in [-0.39, 0.29) is 17.7 Å². The summed E-state index contributed by atoms with van der Waals surface area (Å²) in [6.45, 7) is 0.157. The molecule has 6 heteroatoms. The van der Waals surface area contributed by atoms with Crippen molar-refractivity contribution in [2.75, 3.05) is 13.6 Å². The number of carbonyl (C=O) groups is 1. The van der Waals surface area contributed by atoms with Gasteiger partial charge in [0, 0.05) is 24.8 Å². The highest BCUT2D eigenvalue weighted by atomic mass is 32.1. The van der Waals surface area contributed by atoms with Crippen LogP contribution < -0.4 is 5.56 Å². The van der Waals surface area contributed by atoms with E-state index < -0.39 is 5.91 Å². The molecule has 2 heterocycles. The first-order chi connectivity index (χ1) is 8.15. The molecule has 0 N–H and O–H groups in total. The first-order valence-corrected chi connectivity index (χ1v) is 5.67. The van der Waals surface area contributed by atoms with Crippen molar-refractivity contribution < 1.29 is 4.79 Å². The molecule has 0 unspecified atom stereocenters. The van der Waals surface area contributed by atoms with Gasteiger partial charge >= 0.3 is 0 Å². The van der Waals surface area contributed by atoms with E-state index in [1.54, 1.807) is 18.6 Å². The van der Waals surface area contributed by atoms with Crippen LogP contribution >= 0.6 is 11.3 Å². The van der Waals surface area contributed by atoms with E-state index in [0.29, 0.717) is 4.96 Å². The summed E-state index contributed by atoms with van der Waals surface area (Å²) in [7, 11) is 1.55. The second kappa shape index (κ2) is 4.39. The Hall–Kier alpha value is -2.13. The molecular weight excluding hydrogens is 238 g/mol. The summed E-state index contributed by atoms with van der Waals surface area (Å²) in [4.78, 5) is 29.8. The minimum atomic E-state index is -0.416. The largest absolute Gasteiger partial charge is 0.330 e. The quantitative estimate of drug-likeness (QED) is 0.724. The molecule has 0 spiro atoms. The number of terminal acetylenes is 1. The molecule has 1 amide bonds. The summed E-state index contributed by atoms with van der Waals surface area (Å²) in [6, 6.07) is 0. The van der Waals surface area contributed by atoms with Crippen molar-refractivity contribution in [3.63, 3.8) is 0 Å². The Kier molecular flexibility index (Phi) is 2.93. The number of hydrogen-bond acceptors (Lipinski definition) is 4. The molecule has 0 atom stereocenters. The minimum Gasteiger partial charge on any atom is -0.330 e. The Morgan fingerprint density at radius 3 is 3.18 bits per heavy atom. The van der Waals surface area contributed by atoms with E-state index in [1.807, 2.05) is 0 Å². The third-order valence-corrected chi connectivity index (χ3v) is 3.02. The van der Waals surface area contributed by atoms with Crippen LogP contribution in [0, 0.1) is 12.3 Å². The summed E-state index contributed by atoms with van der Waals surface area (Å²) < 4.78 is 1.35. The fraction of sp³-hybridized carbons (Fsp3) is 0.182. The van der Waals surface area contributed by atoms with Gasteiger partial charge in [0.1, 0.15) is 5.56 Å². The van der Waals surface area contributed by atoms with Crippen LogP contribution in [0.25, 0.3) is 4.96 Å². The molecule has 5 nitrogen and oxygen atoms in total. The fourth-order valence-electron chi connectivity index (χ4n) is 1.39. The topological polar surface area (TPSA) is 54.7 Å². The number of nitrogens with zero attached hydrogens (tertiary/aromatic N) is 3. The van der Waals surface area contributed by atoms with Crippen molar-refractivity contribution in [2.45, 2.75) is 0 Å². The maximum Gasteiger partial charge on any atom is 0.271 e. The number of aromatic nitrogens is 2. The van der Waals surface area contributed by atoms with E-state index in [1.165, 1.54) is 26.8 Å². The number of amides is 1. The Labute approximate surface area is 101 Å². The van der Waals surface area contributed by atoms with Gasteiger partial charge in [-0.2, -0.15) is 0 Å². The second-order valence-electron chi connectivity index (χ2n) is 3.40. The SMILES string of the molecule is C#CCN(C)C(=O)c1cnc2sccn2c1=O. The van der Waals surface area contributed by atoms with Crippen LogP contribution in [0.4, 0.5) is 0 Å². The lowest BCUT2D eigenvalue weighted by molar-refractivity contribution is 0.0810. The zero-order valence-corrected chi connectivity index (χ0v) is 9.90. The van der Waals surface area contributed by atoms with E-state index in [4.69, 9.17) is 6.42 Å². The highest BCUT2D eigenvalue weighted by molar-refractivity contribution is 7.15. The fourth-order valence-corrected chi connectivity index (χ4v) is 2.06. The molecule has 2 rings (SSSR count). The lowest BCUT2D eigenvalue weighted by atomic mass is 10.3. The smallest absolute Gasteiger partial charge is 0.271 e. The average molecular weight is 247 g/mol. The van der Waals surface area contributed by atoms with Gasteiger partial charge < -0.3 is 4.90 Å². The number of thiazole rings is 1. The molecule has 0 aliphatic heterocycles. The van der Waals surface area contributed by atoms with Gasteiger partial charge in [-0.1, -0.05) is 5.92 Å². The number of fused-ring (bicyclic) bond motifs is 1. The summed E-state index contributed by atoms with van der Waals surface area (Å²) >= 11 is 1.34. The molecule has 17 heavy (non-hydrogen) atoms. The molecule has 0 fully saturated rings. The van der Waals surface area contributed by atoms with Crippen LogP contribution in [0.5, 0.6) is 0 Å².